The molecule has 0 aromatic heterocycles. The molecule has 0 fully saturated rings. The van der Waals surface area contributed by atoms with Gasteiger partial charge in [-0.15, -0.1) is 0 Å². The lowest BCUT2D eigenvalue weighted by Gasteiger charge is -2.06. The second-order valence-electron chi connectivity index (χ2n) is 5.61. The molecule has 2 heteroatoms. The molecule has 0 saturated heterocycles. The summed E-state index contributed by atoms with van der Waals surface area (Å²) in [5.41, 5.74) is 3.81. The van der Waals surface area contributed by atoms with Crippen molar-refractivity contribution in [3.63, 3.8) is 0 Å². The molecule has 0 amide bonds. The Bertz CT molecular complexity index is 862. The number of hydrogen-bond acceptors (Lipinski definition) is 2. The summed E-state index contributed by atoms with van der Waals surface area (Å²) in [4.78, 5) is 12.4. The first-order valence-corrected chi connectivity index (χ1v) is 8.37. The Kier molecular flexibility index (Phi) is 5.43. The van der Waals surface area contributed by atoms with Crippen LogP contribution in [0.5, 0.6) is 5.75 Å². The van der Waals surface area contributed by atoms with Crippen molar-refractivity contribution in [1.82, 2.24) is 0 Å². The van der Waals surface area contributed by atoms with E-state index in [1.54, 1.807) is 12.2 Å². The molecule has 0 atom stereocenters. The first-order chi connectivity index (χ1) is 12.3. The van der Waals surface area contributed by atoms with E-state index < -0.39 is 0 Å². The van der Waals surface area contributed by atoms with E-state index in [-0.39, 0.29) is 5.78 Å². The highest BCUT2D eigenvalue weighted by Crippen LogP contribution is 2.21. The Hall–Kier alpha value is -3.13. The number of ketones is 1. The summed E-state index contributed by atoms with van der Waals surface area (Å²) in [6.07, 6.45) is 3.40. The maximum absolute atomic E-state index is 12.4. The molecule has 0 unspecified atom stereocenters. The summed E-state index contributed by atoms with van der Waals surface area (Å²) in [6.45, 7) is 2.54. The van der Waals surface area contributed by atoms with Gasteiger partial charge in [-0.05, 0) is 36.3 Å². The predicted octanol–water partition coefficient (Wildman–Crippen LogP) is 5.65. The monoisotopic (exact) mass is 328 g/mol. The number of rotatable bonds is 6. The van der Waals surface area contributed by atoms with E-state index in [1.807, 2.05) is 73.7 Å². The lowest BCUT2D eigenvalue weighted by atomic mass is 10.0. The summed E-state index contributed by atoms with van der Waals surface area (Å²) in [7, 11) is 0. The molecular weight excluding hydrogens is 308 g/mol. The Morgan fingerprint density at radius 1 is 0.840 bits per heavy atom. The molecule has 0 spiro atoms. The van der Waals surface area contributed by atoms with Crippen LogP contribution in [0, 0.1) is 0 Å². The molecule has 0 heterocycles. The van der Waals surface area contributed by atoms with E-state index in [9.17, 15) is 4.79 Å². The van der Waals surface area contributed by atoms with E-state index >= 15 is 0 Å². The van der Waals surface area contributed by atoms with Crippen LogP contribution in [0.4, 0.5) is 0 Å². The summed E-state index contributed by atoms with van der Waals surface area (Å²) in [6, 6.07) is 25.5. The van der Waals surface area contributed by atoms with Crippen LogP contribution in [0.3, 0.4) is 0 Å². The second-order valence-corrected chi connectivity index (χ2v) is 5.61. The van der Waals surface area contributed by atoms with Gasteiger partial charge in [0, 0.05) is 11.1 Å². The number of allylic oxidation sites excluding steroid dienone is 1. The third-order valence-corrected chi connectivity index (χ3v) is 3.91. The van der Waals surface area contributed by atoms with Crippen molar-refractivity contribution in [2.45, 2.75) is 6.92 Å². The second kappa shape index (κ2) is 8.11. The van der Waals surface area contributed by atoms with E-state index in [0.717, 1.165) is 22.4 Å². The maximum atomic E-state index is 12.4. The molecule has 0 aliphatic carbocycles. The van der Waals surface area contributed by atoms with Crippen LogP contribution in [0.15, 0.2) is 84.9 Å². The van der Waals surface area contributed by atoms with Gasteiger partial charge in [-0.3, -0.25) is 4.79 Å². The molecule has 0 aliphatic heterocycles. The van der Waals surface area contributed by atoms with Gasteiger partial charge < -0.3 is 4.74 Å². The molecule has 3 rings (SSSR count). The predicted molar refractivity (Wildman–Crippen MR) is 103 cm³/mol. The van der Waals surface area contributed by atoms with E-state index in [0.29, 0.717) is 12.2 Å². The van der Waals surface area contributed by atoms with Gasteiger partial charge in [0.05, 0.1) is 6.61 Å². The van der Waals surface area contributed by atoms with Crippen LogP contribution in [-0.2, 0) is 0 Å². The summed E-state index contributed by atoms with van der Waals surface area (Å²) in [5, 5.41) is 0. The van der Waals surface area contributed by atoms with Crippen molar-refractivity contribution in [2.24, 2.45) is 0 Å². The quantitative estimate of drug-likeness (QED) is 0.432. The fourth-order valence-electron chi connectivity index (χ4n) is 2.62. The van der Waals surface area contributed by atoms with Crippen LogP contribution in [0.25, 0.3) is 17.2 Å². The average Bonchev–Trinajstić information content (AvgIpc) is 2.68. The zero-order valence-corrected chi connectivity index (χ0v) is 14.2. The molecule has 3 aromatic carbocycles. The fourth-order valence-corrected chi connectivity index (χ4v) is 2.62. The molecule has 0 saturated carbocycles. The maximum Gasteiger partial charge on any atom is 0.185 e. The first-order valence-electron chi connectivity index (χ1n) is 8.37. The molecule has 0 aliphatic rings. The molecule has 2 nitrogen and oxygen atoms in total. The van der Waals surface area contributed by atoms with E-state index in [1.165, 1.54) is 0 Å². The number of benzene rings is 3. The van der Waals surface area contributed by atoms with Crippen molar-refractivity contribution in [3.8, 4) is 16.9 Å². The molecule has 25 heavy (non-hydrogen) atoms. The van der Waals surface area contributed by atoms with Crippen LogP contribution >= 0.6 is 0 Å². The van der Waals surface area contributed by atoms with Gasteiger partial charge in [0.1, 0.15) is 5.75 Å². The minimum atomic E-state index is -0.0223. The summed E-state index contributed by atoms with van der Waals surface area (Å²) in [5.74, 6) is 0.763. The number of hydrogen-bond donors (Lipinski definition) is 0. The third-order valence-electron chi connectivity index (χ3n) is 3.91. The molecule has 0 N–H and O–H groups in total. The number of para-hydroxylation sites is 1. The van der Waals surface area contributed by atoms with E-state index in [2.05, 4.69) is 12.1 Å². The van der Waals surface area contributed by atoms with Gasteiger partial charge in [-0.25, -0.2) is 0 Å². The lowest BCUT2D eigenvalue weighted by molar-refractivity contribution is 0.104. The highest BCUT2D eigenvalue weighted by atomic mass is 16.5. The minimum Gasteiger partial charge on any atom is -0.493 e. The fraction of sp³-hybridized carbons (Fsp3) is 0.0870. The number of carbonyl (C=O) groups excluding carboxylic acids is 1. The van der Waals surface area contributed by atoms with Gasteiger partial charge >= 0.3 is 0 Å². The Balaban J connectivity index is 1.76. The molecule has 0 radical (unpaired) electrons. The number of carbonyl (C=O) groups is 1. The number of ether oxygens (including phenoxy) is 1. The Labute approximate surface area is 148 Å². The molecule has 3 aromatic rings. The third kappa shape index (κ3) is 4.24. The average molecular weight is 328 g/mol. The van der Waals surface area contributed by atoms with Crippen LogP contribution < -0.4 is 4.74 Å². The SMILES string of the molecule is CCOc1ccccc1/C=C/C(=O)c1ccc(-c2ccccc2)cc1. The topological polar surface area (TPSA) is 26.3 Å². The lowest BCUT2D eigenvalue weighted by Crippen LogP contribution is -1.95. The zero-order chi connectivity index (χ0) is 17.5. The summed E-state index contributed by atoms with van der Waals surface area (Å²) < 4.78 is 5.58. The van der Waals surface area contributed by atoms with Crippen molar-refractivity contribution in [1.29, 1.82) is 0 Å². The van der Waals surface area contributed by atoms with Gasteiger partial charge in [-0.1, -0.05) is 72.8 Å². The van der Waals surface area contributed by atoms with Gasteiger partial charge in [-0.2, -0.15) is 0 Å². The first kappa shape index (κ1) is 16.7. The Morgan fingerprint density at radius 2 is 1.48 bits per heavy atom. The molecule has 0 bridgehead atoms. The Morgan fingerprint density at radius 3 is 2.20 bits per heavy atom. The van der Waals surface area contributed by atoms with Gasteiger partial charge in [0.15, 0.2) is 5.78 Å². The van der Waals surface area contributed by atoms with Crippen molar-refractivity contribution in [2.75, 3.05) is 6.61 Å². The molecule has 124 valence electrons. The van der Waals surface area contributed by atoms with Gasteiger partial charge in [0.25, 0.3) is 0 Å². The summed E-state index contributed by atoms with van der Waals surface area (Å²) >= 11 is 0. The van der Waals surface area contributed by atoms with Crippen LogP contribution in [-0.4, -0.2) is 12.4 Å². The van der Waals surface area contributed by atoms with E-state index in [4.69, 9.17) is 4.74 Å². The normalized spacial score (nSPS) is 10.8. The smallest absolute Gasteiger partial charge is 0.185 e. The van der Waals surface area contributed by atoms with Gasteiger partial charge in [0.2, 0.25) is 0 Å². The standard InChI is InChI=1S/C23H20O2/c1-2-25-23-11-7-6-10-21(23)16-17-22(24)20-14-12-19(13-15-20)18-8-4-3-5-9-18/h3-17H,2H2,1H3/b17-16+. The van der Waals surface area contributed by atoms with Crippen molar-refractivity contribution < 1.29 is 9.53 Å². The minimum absolute atomic E-state index is 0.0223. The largest absolute Gasteiger partial charge is 0.493 e. The highest BCUT2D eigenvalue weighted by molar-refractivity contribution is 6.07. The molecular formula is C23H20O2. The van der Waals surface area contributed by atoms with Crippen molar-refractivity contribution >= 4 is 11.9 Å². The van der Waals surface area contributed by atoms with Crippen LogP contribution in [0.1, 0.15) is 22.8 Å². The van der Waals surface area contributed by atoms with Crippen LogP contribution in [0.2, 0.25) is 0 Å². The van der Waals surface area contributed by atoms with Crippen molar-refractivity contribution in [3.05, 3.63) is 96.1 Å². The highest BCUT2D eigenvalue weighted by Gasteiger charge is 2.04. The zero-order valence-electron chi connectivity index (χ0n) is 14.2.